The van der Waals surface area contributed by atoms with Crippen LogP contribution in [0, 0.1) is 0 Å². The lowest BCUT2D eigenvalue weighted by Gasteiger charge is -2.32. The molecule has 1 unspecified atom stereocenters. The smallest absolute Gasteiger partial charge is 0.247 e. The summed E-state index contributed by atoms with van der Waals surface area (Å²) in [6.45, 7) is 5.05. The standard InChI is InChI=1S/C17H20N6O/c1-13-10-14-4-2-3-5-15(14)23(13)16-11-18-20-17(19-16)22-8-6-21(12-24)7-9-22/h2-5,11-13H,6-10H2,1H3. The molecule has 1 aromatic heterocycles. The summed E-state index contributed by atoms with van der Waals surface area (Å²) in [6, 6.07) is 8.77. The molecular weight excluding hydrogens is 304 g/mol. The fourth-order valence-electron chi connectivity index (χ4n) is 3.48. The molecule has 1 saturated heterocycles. The van der Waals surface area contributed by atoms with Gasteiger partial charge < -0.3 is 14.7 Å². The van der Waals surface area contributed by atoms with Crippen molar-refractivity contribution < 1.29 is 4.79 Å². The Hall–Kier alpha value is -2.70. The van der Waals surface area contributed by atoms with Gasteiger partial charge >= 0.3 is 0 Å². The summed E-state index contributed by atoms with van der Waals surface area (Å²) in [5, 5.41) is 8.37. The summed E-state index contributed by atoms with van der Waals surface area (Å²) in [4.78, 5) is 21.7. The van der Waals surface area contributed by atoms with Crippen molar-refractivity contribution in [3.05, 3.63) is 36.0 Å². The molecular formula is C17H20N6O. The van der Waals surface area contributed by atoms with Crippen LogP contribution < -0.4 is 9.80 Å². The maximum atomic E-state index is 10.8. The Bertz CT molecular complexity index is 743. The van der Waals surface area contributed by atoms with Crippen LogP contribution in [0.25, 0.3) is 0 Å². The van der Waals surface area contributed by atoms with Gasteiger partial charge in [-0.3, -0.25) is 4.79 Å². The monoisotopic (exact) mass is 324 g/mol. The Morgan fingerprint density at radius 3 is 2.75 bits per heavy atom. The number of carbonyl (C=O) groups is 1. The van der Waals surface area contributed by atoms with E-state index in [1.807, 2.05) is 0 Å². The Morgan fingerprint density at radius 1 is 1.17 bits per heavy atom. The highest BCUT2D eigenvalue weighted by Crippen LogP contribution is 2.37. The van der Waals surface area contributed by atoms with Crippen molar-refractivity contribution in [2.75, 3.05) is 36.0 Å². The van der Waals surface area contributed by atoms with Crippen molar-refractivity contribution in [3.8, 4) is 0 Å². The molecule has 0 radical (unpaired) electrons. The Balaban J connectivity index is 1.61. The fraction of sp³-hybridized carbons (Fsp3) is 0.412. The Morgan fingerprint density at radius 2 is 1.96 bits per heavy atom. The van der Waals surface area contributed by atoms with Crippen LogP contribution in [0.15, 0.2) is 30.5 Å². The molecule has 7 nitrogen and oxygen atoms in total. The second kappa shape index (κ2) is 6.07. The van der Waals surface area contributed by atoms with E-state index in [2.05, 4.69) is 51.2 Å². The average Bonchev–Trinajstić information content (AvgIpc) is 2.97. The first kappa shape index (κ1) is 14.9. The molecule has 0 aliphatic carbocycles. The van der Waals surface area contributed by atoms with Crippen LogP contribution in [0.2, 0.25) is 0 Å². The molecule has 24 heavy (non-hydrogen) atoms. The highest BCUT2D eigenvalue weighted by molar-refractivity contribution is 5.68. The zero-order valence-corrected chi connectivity index (χ0v) is 13.7. The van der Waals surface area contributed by atoms with Crippen LogP contribution in [-0.4, -0.2) is 58.7 Å². The second-order valence-electron chi connectivity index (χ2n) is 6.29. The molecule has 2 aliphatic rings. The van der Waals surface area contributed by atoms with Crippen LogP contribution in [0.5, 0.6) is 0 Å². The highest BCUT2D eigenvalue weighted by Gasteiger charge is 2.29. The molecule has 0 N–H and O–H groups in total. The molecule has 3 heterocycles. The quantitative estimate of drug-likeness (QED) is 0.791. The lowest BCUT2D eigenvalue weighted by Crippen LogP contribution is -2.46. The fourth-order valence-corrected chi connectivity index (χ4v) is 3.48. The van der Waals surface area contributed by atoms with E-state index in [1.165, 1.54) is 11.3 Å². The predicted molar refractivity (Wildman–Crippen MR) is 91.4 cm³/mol. The van der Waals surface area contributed by atoms with Gasteiger partial charge in [0.05, 0.1) is 6.20 Å². The average molecular weight is 324 g/mol. The second-order valence-corrected chi connectivity index (χ2v) is 6.29. The molecule has 124 valence electrons. The van der Waals surface area contributed by atoms with Crippen LogP contribution in [0.3, 0.4) is 0 Å². The van der Waals surface area contributed by atoms with E-state index in [0.29, 0.717) is 25.1 Å². The van der Waals surface area contributed by atoms with Gasteiger partial charge in [0.1, 0.15) is 0 Å². The minimum atomic E-state index is 0.346. The summed E-state index contributed by atoms with van der Waals surface area (Å²) in [5.74, 6) is 1.46. The third-order valence-corrected chi connectivity index (χ3v) is 4.74. The van der Waals surface area contributed by atoms with Gasteiger partial charge in [-0.2, -0.15) is 10.1 Å². The van der Waals surface area contributed by atoms with Gasteiger partial charge in [-0.25, -0.2) is 0 Å². The molecule has 4 rings (SSSR count). The van der Waals surface area contributed by atoms with Crippen molar-refractivity contribution in [2.24, 2.45) is 0 Å². The molecule has 0 bridgehead atoms. The number of fused-ring (bicyclic) bond motifs is 1. The van der Waals surface area contributed by atoms with Crippen LogP contribution >= 0.6 is 0 Å². The number of rotatable bonds is 3. The molecule has 0 saturated carbocycles. The van der Waals surface area contributed by atoms with E-state index < -0.39 is 0 Å². The first-order valence-electron chi connectivity index (χ1n) is 8.27. The minimum Gasteiger partial charge on any atom is -0.342 e. The maximum Gasteiger partial charge on any atom is 0.247 e. The SMILES string of the molecule is CC1Cc2ccccc2N1c1cnnc(N2CCN(C=O)CC2)n1. The number of hydrogen-bond donors (Lipinski definition) is 0. The molecule has 1 aromatic carbocycles. The summed E-state index contributed by atoms with van der Waals surface area (Å²) in [5.41, 5.74) is 2.53. The lowest BCUT2D eigenvalue weighted by molar-refractivity contribution is -0.118. The van der Waals surface area contributed by atoms with Crippen LogP contribution in [0.1, 0.15) is 12.5 Å². The van der Waals surface area contributed by atoms with Gasteiger partial charge in [-0.05, 0) is 25.0 Å². The van der Waals surface area contributed by atoms with Crippen LogP contribution in [-0.2, 0) is 11.2 Å². The van der Waals surface area contributed by atoms with E-state index in [0.717, 1.165) is 31.7 Å². The number of aromatic nitrogens is 3. The van der Waals surface area contributed by atoms with Gasteiger partial charge in [0, 0.05) is 37.9 Å². The minimum absolute atomic E-state index is 0.346. The molecule has 1 fully saturated rings. The van der Waals surface area contributed by atoms with Gasteiger partial charge in [0.25, 0.3) is 0 Å². The number of hydrogen-bond acceptors (Lipinski definition) is 6. The summed E-state index contributed by atoms with van der Waals surface area (Å²) < 4.78 is 0. The van der Waals surface area contributed by atoms with Gasteiger partial charge in [0.15, 0.2) is 5.82 Å². The van der Waals surface area contributed by atoms with Crippen molar-refractivity contribution in [1.29, 1.82) is 0 Å². The lowest BCUT2D eigenvalue weighted by atomic mass is 10.1. The molecule has 1 atom stereocenters. The molecule has 7 heteroatoms. The topological polar surface area (TPSA) is 65.5 Å². The number of para-hydroxylation sites is 1. The molecule has 1 amide bonds. The van der Waals surface area contributed by atoms with E-state index in [1.54, 1.807) is 11.1 Å². The summed E-state index contributed by atoms with van der Waals surface area (Å²) >= 11 is 0. The molecule has 2 aliphatic heterocycles. The number of nitrogens with zero attached hydrogens (tertiary/aromatic N) is 6. The van der Waals surface area contributed by atoms with Crippen molar-refractivity contribution in [1.82, 2.24) is 20.1 Å². The highest BCUT2D eigenvalue weighted by atomic mass is 16.1. The van der Waals surface area contributed by atoms with E-state index in [9.17, 15) is 4.79 Å². The molecule has 0 spiro atoms. The number of piperazine rings is 1. The first-order valence-corrected chi connectivity index (χ1v) is 8.27. The van der Waals surface area contributed by atoms with Gasteiger partial charge in [0.2, 0.25) is 12.4 Å². The van der Waals surface area contributed by atoms with E-state index in [-0.39, 0.29) is 0 Å². The zero-order valence-electron chi connectivity index (χ0n) is 13.7. The number of anilines is 3. The summed E-state index contributed by atoms with van der Waals surface area (Å²) in [7, 11) is 0. The Labute approximate surface area is 140 Å². The summed E-state index contributed by atoms with van der Waals surface area (Å²) in [6.07, 6.45) is 3.63. The maximum absolute atomic E-state index is 10.8. The van der Waals surface area contributed by atoms with E-state index in [4.69, 9.17) is 4.98 Å². The zero-order chi connectivity index (χ0) is 16.5. The van der Waals surface area contributed by atoms with E-state index >= 15 is 0 Å². The van der Waals surface area contributed by atoms with Gasteiger partial charge in [-0.1, -0.05) is 18.2 Å². The third kappa shape index (κ3) is 2.55. The Kier molecular flexibility index (Phi) is 3.76. The predicted octanol–water partition coefficient (Wildman–Crippen LogP) is 1.23. The van der Waals surface area contributed by atoms with Crippen molar-refractivity contribution in [3.63, 3.8) is 0 Å². The van der Waals surface area contributed by atoms with Crippen molar-refractivity contribution in [2.45, 2.75) is 19.4 Å². The number of benzene rings is 1. The number of amides is 1. The first-order chi connectivity index (χ1) is 11.8. The van der Waals surface area contributed by atoms with Crippen molar-refractivity contribution >= 4 is 23.9 Å². The largest absolute Gasteiger partial charge is 0.342 e. The van der Waals surface area contributed by atoms with Crippen LogP contribution in [0.4, 0.5) is 17.5 Å². The number of carbonyl (C=O) groups excluding carboxylic acids is 1. The third-order valence-electron chi connectivity index (χ3n) is 4.74. The molecule has 2 aromatic rings. The normalized spacial score (nSPS) is 20.2. The van der Waals surface area contributed by atoms with Gasteiger partial charge in [-0.15, -0.1) is 5.10 Å².